The van der Waals surface area contributed by atoms with Crippen molar-refractivity contribution in [2.75, 3.05) is 31.1 Å². The van der Waals surface area contributed by atoms with Crippen LogP contribution in [-0.2, 0) is 4.79 Å². The summed E-state index contributed by atoms with van der Waals surface area (Å²) in [4.78, 5) is 23.5. The Balaban J connectivity index is 3.88. The van der Waals surface area contributed by atoms with Crippen LogP contribution < -0.4 is 5.32 Å². The standard InChI is InChI=1S/C11H20N2O3S/c1-3-6-13(9-10(14)15)11(16)12-5-8-17-7-4-2/h4H,2-3,5-9H2,1H3,(H,12,16)(H,14,15). The molecule has 0 saturated heterocycles. The minimum atomic E-state index is -0.991. The fourth-order valence-corrected chi connectivity index (χ4v) is 1.77. The number of rotatable bonds is 9. The number of hydrogen-bond donors (Lipinski definition) is 2. The summed E-state index contributed by atoms with van der Waals surface area (Å²) in [5, 5.41) is 11.4. The Morgan fingerprint density at radius 2 is 2.24 bits per heavy atom. The van der Waals surface area contributed by atoms with E-state index in [1.807, 2.05) is 6.92 Å². The van der Waals surface area contributed by atoms with E-state index in [-0.39, 0.29) is 12.6 Å². The molecule has 2 N–H and O–H groups in total. The summed E-state index contributed by atoms with van der Waals surface area (Å²) in [7, 11) is 0. The van der Waals surface area contributed by atoms with Gasteiger partial charge >= 0.3 is 12.0 Å². The van der Waals surface area contributed by atoms with Gasteiger partial charge in [-0.1, -0.05) is 13.0 Å². The Morgan fingerprint density at radius 3 is 2.76 bits per heavy atom. The Labute approximate surface area is 106 Å². The molecule has 0 aromatic carbocycles. The van der Waals surface area contributed by atoms with E-state index >= 15 is 0 Å². The smallest absolute Gasteiger partial charge is 0.323 e. The molecule has 6 heteroatoms. The van der Waals surface area contributed by atoms with E-state index in [0.717, 1.165) is 17.9 Å². The Morgan fingerprint density at radius 1 is 1.53 bits per heavy atom. The van der Waals surface area contributed by atoms with Crippen LogP contribution in [0.3, 0.4) is 0 Å². The summed E-state index contributed by atoms with van der Waals surface area (Å²) < 4.78 is 0. The predicted molar refractivity (Wildman–Crippen MR) is 70.4 cm³/mol. The second-order valence-corrected chi connectivity index (χ2v) is 4.56. The van der Waals surface area contributed by atoms with Crippen molar-refractivity contribution in [3.05, 3.63) is 12.7 Å². The number of hydrogen-bond acceptors (Lipinski definition) is 3. The van der Waals surface area contributed by atoms with Crippen LogP contribution in [0.15, 0.2) is 12.7 Å². The van der Waals surface area contributed by atoms with Gasteiger partial charge in [-0.15, -0.1) is 6.58 Å². The fraction of sp³-hybridized carbons (Fsp3) is 0.636. The number of carboxylic acids is 1. The molecule has 0 saturated carbocycles. The maximum atomic E-state index is 11.6. The van der Waals surface area contributed by atoms with Gasteiger partial charge in [0.1, 0.15) is 6.54 Å². The van der Waals surface area contributed by atoms with Gasteiger partial charge < -0.3 is 15.3 Å². The maximum Gasteiger partial charge on any atom is 0.323 e. The second-order valence-electron chi connectivity index (χ2n) is 3.41. The quantitative estimate of drug-likeness (QED) is 0.486. The lowest BCUT2D eigenvalue weighted by Crippen LogP contribution is -2.43. The summed E-state index contributed by atoms with van der Waals surface area (Å²) in [6.07, 6.45) is 2.55. The molecule has 0 aromatic rings. The molecule has 0 aliphatic heterocycles. The first-order valence-corrected chi connectivity index (χ1v) is 6.70. The van der Waals surface area contributed by atoms with Crippen molar-refractivity contribution >= 4 is 23.8 Å². The number of carbonyl (C=O) groups is 2. The van der Waals surface area contributed by atoms with Crippen molar-refractivity contribution < 1.29 is 14.7 Å². The van der Waals surface area contributed by atoms with Crippen molar-refractivity contribution in [2.45, 2.75) is 13.3 Å². The van der Waals surface area contributed by atoms with Gasteiger partial charge in [-0.05, 0) is 6.42 Å². The number of aliphatic carboxylic acids is 1. The van der Waals surface area contributed by atoms with Crippen LogP contribution in [-0.4, -0.2) is 53.1 Å². The monoisotopic (exact) mass is 260 g/mol. The second kappa shape index (κ2) is 10.0. The number of carbonyl (C=O) groups excluding carboxylic acids is 1. The van der Waals surface area contributed by atoms with Gasteiger partial charge in [-0.3, -0.25) is 4.79 Å². The van der Waals surface area contributed by atoms with Crippen molar-refractivity contribution in [3.63, 3.8) is 0 Å². The van der Waals surface area contributed by atoms with Gasteiger partial charge in [-0.2, -0.15) is 11.8 Å². The molecule has 0 aliphatic rings. The first-order valence-electron chi connectivity index (χ1n) is 5.55. The van der Waals surface area contributed by atoms with E-state index in [2.05, 4.69) is 11.9 Å². The average Bonchev–Trinajstić information content (AvgIpc) is 2.27. The minimum Gasteiger partial charge on any atom is -0.480 e. The third-order valence-corrected chi connectivity index (χ3v) is 2.83. The average molecular weight is 260 g/mol. The van der Waals surface area contributed by atoms with E-state index in [1.54, 1.807) is 17.8 Å². The molecule has 0 fully saturated rings. The van der Waals surface area contributed by atoms with Crippen molar-refractivity contribution in [3.8, 4) is 0 Å². The zero-order chi connectivity index (χ0) is 13.1. The molecule has 0 spiro atoms. The Hall–Kier alpha value is -1.17. The number of nitrogens with one attached hydrogen (secondary N) is 1. The lowest BCUT2D eigenvalue weighted by molar-refractivity contribution is -0.137. The minimum absolute atomic E-state index is 0.251. The molecule has 0 aliphatic carbocycles. The molecule has 0 bridgehead atoms. The molecule has 2 amide bonds. The van der Waals surface area contributed by atoms with E-state index in [0.29, 0.717) is 13.1 Å². The fourth-order valence-electron chi connectivity index (χ4n) is 1.19. The normalized spacial score (nSPS) is 9.71. The summed E-state index contributed by atoms with van der Waals surface area (Å²) in [5.41, 5.74) is 0. The summed E-state index contributed by atoms with van der Waals surface area (Å²) in [6, 6.07) is -0.312. The first-order chi connectivity index (χ1) is 8.11. The number of urea groups is 1. The van der Waals surface area contributed by atoms with Crippen LogP contribution >= 0.6 is 11.8 Å². The van der Waals surface area contributed by atoms with Crippen LogP contribution in [0.4, 0.5) is 4.79 Å². The van der Waals surface area contributed by atoms with Gasteiger partial charge in [-0.25, -0.2) is 4.79 Å². The van der Waals surface area contributed by atoms with Crippen LogP contribution in [0.2, 0.25) is 0 Å². The highest BCUT2D eigenvalue weighted by atomic mass is 32.2. The summed E-state index contributed by atoms with van der Waals surface area (Å²) in [6.45, 7) is 6.25. The molecular formula is C11H20N2O3S. The van der Waals surface area contributed by atoms with E-state index in [1.165, 1.54) is 4.90 Å². The van der Waals surface area contributed by atoms with E-state index in [4.69, 9.17) is 5.11 Å². The molecule has 98 valence electrons. The number of thioether (sulfide) groups is 1. The lowest BCUT2D eigenvalue weighted by Gasteiger charge is -2.20. The number of amides is 2. The predicted octanol–water partition coefficient (Wildman–Crippen LogP) is 1.41. The van der Waals surface area contributed by atoms with Crippen LogP contribution in [0.5, 0.6) is 0 Å². The maximum absolute atomic E-state index is 11.6. The van der Waals surface area contributed by atoms with Crippen molar-refractivity contribution in [2.24, 2.45) is 0 Å². The molecule has 5 nitrogen and oxygen atoms in total. The van der Waals surface area contributed by atoms with Crippen LogP contribution in [0.1, 0.15) is 13.3 Å². The highest BCUT2D eigenvalue weighted by Gasteiger charge is 2.14. The number of carboxylic acid groups (broad SMARTS) is 1. The van der Waals surface area contributed by atoms with Crippen LogP contribution in [0.25, 0.3) is 0 Å². The SMILES string of the molecule is C=CCSCCNC(=O)N(CCC)CC(=O)O. The molecule has 0 aromatic heterocycles. The van der Waals surface area contributed by atoms with Gasteiger partial charge in [0, 0.05) is 24.6 Å². The third kappa shape index (κ3) is 8.62. The third-order valence-electron chi connectivity index (χ3n) is 1.87. The molecule has 0 rings (SSSR count). The van der Waals surface area contributed by atoms with E-state index < -0.39 is 5.97 Å². The number of nitrogens with zero attached hydrogens (tertiary/aromatic N) is 1. The molecule has 0 atom stereocenters. The van der Waals surface area contributed by atoms with Gasteiger partial charge in [0.15, 0.2) is 0 Å². The van der Waals surface area contributed by atoms with E-state index in [9.17, 15) is 9.59 Å². The zero-order valence-electron chi connectivity index (χ0n) is 10.1. The van der Waals surface area contributed by atoms with Gasteiger partial charge in [0.2, 0.25) is 0 Å². The van der Waals surface area contributed by atoms with Crippen LogP contribution in [0, 0.1) is 0 Å². The lowest BCUT2D eigenvalue weighted by atomic mass is 10.4. The van der Waals surface area contributed by atoms with Crippen molar-refractivity contribution in [1.29, 1.82) is 0 Å². The zero-order valence-corrected chi connectivity index (χ0v) is 11.0. The summed E-state index contributed by atoms with van der Waals surface area (Å²) in [5.74, 6) is 0.656. The Bertz CT molecular complexity index is 259. The largest absolute Gasteiger partial charge is 0.480 e. The van der Waals surface area contributed by atoms with Gasteiger partial charge in [0.05, 0.1) is 0 Å². The topological polar surface area (TPSA) is 69.6 Å². The first kappa shape index (κ1) is 15.8. The highest BCUT2D eigenvalue weighted by Crippen LogP contribution is 1.98. The molecule has 17 heavy (non-hydrogen) atoms. The molecule has 0 unspecified atom stereocenters. The molecule has 0 radical (unpaired) electrons. The highest BCUT2D eigenvalue weighted by molar-refractivity contribution is 7.99. The molecule has 0 heterocycles. The summed E-state index contributed by atoms with van der Waals surface area (Å²) >= 11 is 1.67. The van der Waals surface area contributed by atoms with Crippen molar-refractivity contribution in [1.82, 2.24) is 10.2 Å². The Kier molecular flexibility index (Phi) is 9.33. The molecular weight excluding hydrogens is 240 g/mol. The van der Waals surface area contributed by atoms with Gasteiger partial charge in [0.25, 0.3) is 0 Å².